The number of hydrogen-bond acceptors (Lipinski definition) is 3. The minimum absolute atomic E-state index is 0.0381. The maximum atomic E-state index is 13.0. The summed E-state index contributed by atoms with van der Waals surface area (Å²) in [6.07, 6.45) is -0.709. The van der Waals surface area contributed by atoms with Crippen molar-refractivity contribution in [3.63, 3.8) is 0 Å². The summed E-state index contributed by atoms with van der Waals surface area (Å²) in [6.45, 7) is 0. The molecule has 0 saturated heterocycles. The highest BCUT2D eigenvalue weighted by atomic mass is 19.1. The number of carboxylic acid groups (broad SMARTS) is 1. The molecule has 0 aliphatic heterocycles. The summed E-state index contributed by atoms with van der Waals surface area (Å²) >= 11 is 0. The van der Waals surface area contributed by atoms with Crippen LogP contribution in [0.2, 0.25) is 0 Å². The Balaban J connectivity index is 2.73. The van der Waals surface area contributed by atoms with Crippen molar-refractivity contribution in [2.24, 2.45) is 11.8 Å². The molecule has 0 spiro atoms. The zero-order valence-electron chi connectivity index (χ0n) is 7.90. The van der Waals surface area contributed by atoms with Crippen LogP contribution >= 0.6 is 0 Å². The van der Waals surface area contributed by atoms with Crippen LogP contribution < -0.4 is 0 Å². The van der Waals surface area contributed by atoms with Crippen LogP contribution in [-0.2, 0) is 14.3 Å². The van der Waals surface area contributed by atoms with Crippen molar-refractivity contribution >= 4 is 11.9 Å². The average Bonchev–Trinajstić information content (AvgIpc) is 2.16. The lowest BCUT2D eigenvalue weighted by Crippen LogP contribution is -2.36. The summed E-state index contributed by atoms with van der Waals surface area (Å²) in [5.74, 6) is -3.30. The first kappa shape index (κ1) is 10.9. The van der Waals surface area contributed by atoms with Gasteiger partial charge in [-0.1, -0.05) is 0 Å². The lowest BCUT2D eigenvalue weighted by Gasteiger charge is -2.28. The van der Waals surface area contributed by atoms with E-state index in [1.807, 2.05) is 0 Å². The summed E-state index contributed by atoms with van der Waals surface area (Å²) in [7, 11) is 1.18. The van der Waals surface area contributed by atoms with Gasteiger partial charge in [-0.2, -0.15) is 0 Å². The molecule has 0 aromatic rings. The van der Waals surface area contributed by atoms with E-state index in [9.17, 15) is 14.0 Å². The third-order valence-electron chi connectivity index (χ3n) is 2.61. The predicted molar refractivity (Wildman–Crippen MR) is 45.4 cm³/mol. The first-order valence-electron chi connectivity index (χ1n) is 4.51. The molecule has 0 aromatic carbocycles. The van der Waals surface area contributed by atoms with Gasteiger partial charge in [0, 0.05) is 0 Å². The smallest absolute Gasteiger partial charge is 0.309 e. The Bertz CT molecular complexity index is 241. The molecule has 80 valence electrons. The molecule has 0 radical (unpaired) electrons. The van der Waals surface area contributed by atoms with Crippen LogP contribution in [-0.4, -0.2) is 30.3 Å². The molecule has 5 heteroatoms. The first-order valence-corrected chi connectivity index (χ1v) is 4.51. The van der Waals surface area contributed by atoms with Crippen molar-refractivity contribution in [1.29, 1.82) is 0 Å². The number of methoxy groups -OCH3 is 1. The van der Waals surface area contributed by atoms with Crippen LogP contribution in [0.1, 0.15) is 19.3 Å². The van der Waals surface area contributed by atoms with Gasteiger partial charge in [-0.25, -0.2) is 4.39 Å². The van der Waals surface area contributed by atoms with E-state index in [2.05, 4.69) is 4.74 Å². The number of alkyl halides is 1. The number of esters is 1. The average molecular weight is 204 g/mol. The predicted octanol–water partition coefficient (Wildman–Crippen LogP) is 0.998. The summed E-state index contributed by atoms with van der Waals surface area (Å²) in [4.78, 5) is 21.9. The zero-order valence-corrected chi connectivity index (χ0v) is 7.90. The minimum Gasteiger partial charge on any atom is -0.481 e. The largest absolute Gasteiger partial charge is 0.481 e. The molecule has 1 saturated carbocycles. The van der Waals surface area contributed by atoms with Gasteiger partial charge >= 0.3 is 11.9 Å². The maximum absolute atomic E-state index is 13.0. The van der Waals surface area contributed by atoms with E-state index in [0.717, 1.165) is 0 Å². The van der Waals surface area contributed by atoms with E-state index in [0.29, 0.717) is 0 Å². The van der Waals surface area contributed by atoms with Crippen molar-refractivity contribution in [2.45, 2.75) is 25.4 Å². The number of carbonyl (C=O) groups is 2. The second kappa shape index (κ2) is 4.39. The summed E-state index contributed by atoms with van der Waals surface area (Å²) in [5.41, 5.74) is 0. The summed E-state index contributed by atoms with van der Waals surface area (Å²) in [6, 6.07) is 0. The third kappa shape index (κ3) is 2.21. The Labute approximate surface area is 81.0 Å². The molecule has 1 N–H and O–H groups in total. The van der Waals surface area contributed by atoms with Gasteiger partial charge in [0.05, 0.1) is 18.9 Å². The van der Waals surface area contributed by atoms with E-state index < -0.39 is 29.9 Å². The monoisotopic (exact) mass is 204 g/mol. The van der Waals surface area contributed by atoms with Crippen LogP contribution in [0.25, 0.3) is 0 Å². The number of ether oxygens (including phenoxy) is 1. The molecule has 1 fully saturated rings. The van der Waals surface area contributed by atoms with E-state index in [4.69, 9.17) is 5.11 Å². The highest BCUT2D eigenvalue weighted by molar-refractivity contribution is 5.81. The van der Waals surface area contributed by atoms with E-state index in [-0.39, 0.29) is 19.3 Å². The maximum Gasteiger partial charge on any atom is 0.309 e. The van der Waals surface area contributed by atoms with Crippen LogP contribution in [0, 0.1) is 11.8 Å². The molecular formula is C9H13FO4. The van der Waals surface area contributed by atoms with Gasteiger partial charge < -0.3 is 9.84 Å². The molecular weight excluding hydrogens is 191 g/mol. The molecule has 0 unspecified atom stereocenters. The number of hydrogen-bond donors (Lipinski definition) is 1. The Hall–Kier alpha value is -1.13. The van der Waals surface area contributed by atoms with Gasteiger partial charge in [0.15, 0.2) is 0 Å². The standard InChI is InChI=1S/C9H13FO4/c1-14-9(13)7-4-5(10)2-3-6(7)8(11)12/h5-7H,2-4H2,1H3,(H,11,12)/t5-,6+,7+/m0/s1. The van der Waals surface area contributed by atoms with Crippen LogP contribution in [0.15, 0.2) is 0 Å². The molecule has 3 atom stereocenters. The number of carboxylic acids is 1. The first-order chi connectivity index (χ1) is 6.56. The van der Waals surface area contributed by atoms with Crippen LogP contribution in [0.3, 0.4) is 0 Å². The molecule has 0 aromatic heterocycles. The fourth-order valence-corrected chi connectivity index (χ4v) is 1.83. The fourth-order valence-electron chi connectivity index (χ4n) is 1.83. The number of aliphatic carboxylic acids is 1. The van der Waals surface area contributed by atoms with Crippen molar-refractivity contribution in [1.82, 2.24) is 0 Å². The second-order valence-electron chi connectivity index (χ2n) is 3.48. The second-order valence-corrected chi connectivity index (χ2v) is 3.48. The van der Waals surface area contributed by atoms with Crippen molar-refractivity contribution in [3.8, 4) is 0 Å². The molecule has 0 heterocycles. The SMILES string of the molecule is COC(=O)[C@@H]1C[C@@H](F)CC[C@H]1C(=O)O. The van der Waals surface area contributed by atoms with E-state index in [1.54, 1.807) is 0 Å². The van der Waals surface area contributed by atoms with E-state index in [1.165, 1.54) is 7.11 Å². The molecule has 14 heavy (non-hydrogen) atoms. The van der Waals surface area contributed by atoms with Gasteiger partial charge in [0.2, 0.25) is 0 Å². The number of halogens is 1. The minimum atomic E-state index is -1.09. The number of rotatable bonds is 2. The van der Waals surface area contributed by atoms with Gasteiger partial charge in [0.25, 0.3) is 0 Å². The van der Waals surface area contributed by atoms with Gasteiger partial charge in [-0.05, 0) is 19.3 Å². The van der Waals surface area contributed by atoms with Gasteiger partial charge in [-0.3, -0.25) is 9.59 Å². The Kier molecular flexibility index (Phi) is 3.43. The van der Waals surface area contributed by atoms with Crippen molar-refractivity contribution in [3.05, 3.63) is 0 Å². The zero-order chi connectivity index (χ0) is 10.7. The van der Waals surface area contributed by atoms with Crippen LogP contribution in [0.5, 0.6) is 0 Å². The molecule has 1 aliphatic rings. The summed E-state index contributed by atoms with van der Waals surface area (Å²) in [5, 5.41) is 8.81. The molecule has 0 bridgehead atoms. The quantitative estimate of drug-likeness (QED) is 0.681. The lowest BCUT2D eigenvalue weighted by molar-refractivity contribution is -0.158. The molecule has 1 aliphatic carbocycles. The Morgan fingerprint density at radius 3 is 2.50 bits per heavy atom. The van der Waals surface area contributed by atoms with Gasteiger partial charge in [0.1, 0.15) is 6.17 Å². The topological polar surface area (TPSA) is 63.6 Å². The Morgan fingerprint density at radius 2 is 2.00 bits per heavy atom. The van der Waals surface area contributed by atoms with Crippen molar-refractivity contribution < 1.29 is 23.8 Å². The highest BCUT2D eigenvalue weighted by Crippen LogP contribution is 2.32. The molecule has 4 nitrogen and oxygen atoms in total. The molecule has 1 rings (SSSR count). The molecule has 0 amide bonds. The summed E-state index contributed by atoms with van der Waals surface area (Å²) < 4.78 is 17.4. The number of carbonyl (C=O) groups excluding carboxylic acids is 1. The lowest BCUT2D eigenvalue weighted by atomic mass is 9.78. The normalized spacial score (nSPS) is 32.3. The van der Waals surface area contributed by atoms with Crippen LogP contribution in [0.4, 0.5) is 4.39 Å². The fraction of sp³-hybridized carbons (Fsp3) is 0.778. The van der Waals surface area contributed by atoms with Gasteiger partial charge in [-0.15, -0.1) is 0 Å². The highest BCUT2D eigenvalue weighted by Gasteiger charge is 2.40. The Morgan fingerprint density at radius 1 is 1.36 bits per heavy atom. The van der Waals surface area contributed by atoms with E-state index >= 15 is 0 Å². The third-order valence-corrected chi connectivity index (χ3v) is 2.61. The van der Waals surface area contributed by atoms with Crippen molar-refractivity contribution in [2.75, 3.05) is 7.11 Å².